The van der Waals surface area contributed by atoms with Crippen molar-refractivity contribution >= 4 is 50.1 Å². The number of carbonyl (C=O) groups excluding carboxylic acids is 1. The van der Waals surface area contributed by atoms with Gasteiger partial charge in [0.25, 0.3) is 5.91 Å². The second-order valence-corrected chi connectivity index (χ2v) is 5.55. The molecule has 3 aromatic rings. The molecule has 1 heterocycles. The zero-order valence-corrected chi connectivity index (χ0v) is 12.5. The third-order valence-electron chi connectivity index (χ3n) is 2.83. The monoisotopic (exact) mass is 349 g/mol. The van der Waals surface area contributed by atoms with Crippen LogP contribution in [-0.4, -0.2) is 5.91 Å². The van der Waals surface area contributed by atoms with E-state index in [1.807, 2.05) is 24.3 Å². The van der Waals surface area contributed by atoms with Crippen molar-refractivity contribution in [2.45, 2.75) is 0 Å². The number of fused-ring (bicyclic) bond motifs is 1. The molecule has 0 aliphatic rings. The second kappa shape index (κ2) is 5.31. The highest BCUT2D eigenvalue weighted by Crippen LogP contribution is 2.27. The maximum absolute atomic E-state index is 12.1. The predicted octanol–water partition coefficient (Wildman–Crippen LogP) is 5.10. The lowest BCUT2D eigenvalue weighted by Gasteiger charge is -2.05. The van der Waals surface area contributed by atoms with Crippen LogP contribution in [0.4, 0.5) is 5.69 Å². The van der Waals surface area contributed by atoms with Crippen LogP contribution in [0, 0.1) is 0 Å². The molecule has 1 N–H and O–H groups in total. The Kier molecular flexibility index (Phi) is 3.51. The molecule has 0 aliphatic carbocycles. The second-order valence-electron chi connectivity index (χ2n) is 4.23. The molecule has 1 aromatic heterocycles. The van der Waals surface area contributed by atoms with Gasteiger partial charge in [-0.05, 0) is 30.3 Å². The third-order valence-corrected chi connectivity index (χ3v) is 3.63. The Labute approximate surface area is 128 Å². The van der Waals surface area contributed by atoms with Gasteiger partial charge in [0.2, 0.25) is 0 Å². The van der Waals surface area contributed by atoms with Crippen molar-refractivity contribution in [3.05, 3.63) is 63.8 Å². The fourth-order valence-electron chi connectivity index (χ4n) is 1.87. The molecule has 0 aliphatic heterocycles. The van der Waals surface area contributed by atoms with E-state index in [-0.39, 0.29) is 11.7 Å². The first-order valence-electron chi connectivity index (χ1n) is 5.88. The van der Waals surface area contributed by atoms with E-state index in [2.05, 4.69) is 21.2 Å². The molecular weight excluding hydrogens is 342 g/mol. The average Bonchev–Trinajstić information content (AvgIpc) is 2.86. The van der Waals surface area contributed by atoms with Crippen LogP contribution in [0.5, 0.6) is 0 Å². The smallest absolute Gasteiger partial charge is 0.291 e. The number of amides is 1. The minimum atomic E-state index is -0.328. The van der Waals surface area contributed by atoms with Gasteiger partial charge in [-0.1, -0.05) is 45.7 Å². The fourth-order valence-corrected chi connectivity index (χ4v) is 2.59. The zero-order chi connectivity index (χ0) is 14.1. The summed E-state index contributed by atoms with van der Waals surface area (Å²) in [7, 11) is 0. The van der Waals surface area contributed by atoms with Crippen LogP contribution >= 0.6 is 27.5 Å². The molecule has 0 unspecified atom stereocenters. The maximum Gasteiger partial charge on any atom is 0.291 e. The Hall–Kier alpha value is -1.78. The zero-order valence-electron chi connectivity index (χ0n) is 10.2. The highest BCUT2D eigenvalue weighted by atomic mass is 79.9. The largest absolute Gasteiger partial charge is 0.451 e. The van der Waals surface area contributed by atoms with Crippen molar-refractivity contribution < 1.29 is 9.21 Å². The summed E-state index contributed by atoms with van der Waals surface area (Å²) in [5.41, 5.74) is 1.22. The fraction of sp³-hybridized carbons (Fsp3) is 0. The number of nitrogens with one attached hydrogen (secondary N) is 1. The molecule has 0 atom stereocenters. The lowest BCUT2D eigenvalue weighted by atomic mass is 10.2. The quantitative estimate of drug-likeness (QED) is 0.698. The Balaban J connectivity index is 1.89. The summed E-state index contributed by atoms with van der Waals surface area (Å²) in [5.74, 6) is -0.0735. The van der Waals surface area contributed by atoms with Crippen molar-refractivity contribution in [3.8, 4) is 0 Å². The van der Waals surface area contributed by atoms with Crippen LogP contribution in [0.25, 0.3) is 11.0 Å². The Morgan fingerprint density at radius 2 is 1.95 bits per heavy atom. The number of rotatable bonds is 2. The average molecular weight is 351 g/mol. The molecule has 3 nitrogen and oxygen atoms in total. The van der Waals surface area contributed by atoms with Crippen LogP contribution < -0.4 is 5.32 Å². The molecule has 0 bridgehead atoms. The molecule has 20 heavy (non-hydrogen) atoms. The predicted molar refractivity (Wildman–Crippen MR) is 83.3 cm³/mol. The van der Waals surface area contributed by atoms with Gasteiger partial charge in [0, 0.05) is 9.86 Å². The van der Waals surface area contributed by atoms with Crippen molar-refractivity contribution in [2.75, 3.05) is 5.32 Å². The molecule has 0 saturated carbocycles. The van der Waals surface area contributed by atoms with Crippen LogP contribution in [0.15, 0.2) is 57.4 Å². The van der Waals surface area contributed by atoms with Gasteiger partial charge >= 0.3 is 0 Å². The van der Waals surface area contributed by atoms with Gasteiger partial charge in [0.05, 0.1) is 10.7 Å². The summed E-state index contributed by atoms with van der Waals surface area (Å²) in [6.07, 6.45) is 0. The van der Waals surface area contributed by atoms with Gasteiger partial charge in [-0.15, -0.1) is 0 Å². The van der Waals surface area contributed by atoms with Crippen molar-refractivity contribution in [3.63, 3.8) is 0 Å². The first kappa shape index (κ1) is 13.2. The van der Waals surface area contributed by atoms with E-state index in [0.717, 1.165) is 9.86 Å². The molecule has 0 spiro atoms. The summed E-state index contributed by atoms with van der Waals surface area (Å²) >= 11 is 9.38. The lowest BCUT2D eigenvalue weighted by Crippen LogP contribution is -2.11. The summed E-state index contributed by atoms with van der Waals surface area (Å²) in [6.45, 7) is 0. The number of hydrogen-bond donors (Lipinski definition) is 1. The highest BCUT2D eigenvalue weighted by Gasteiger charge is 2.13. The van der Waals surface area contributed by atoms with E-state index in [1.54, 1.807) is 24.3 Å². The minimum absolute atomic E-state index is 0.255. The van der Waals surface area contributed by atoms with Crippen molar-refractivity contribution in [1.29, 1.82) is 0 Å². The number of furan rings is 1. The Morgan fingerprint density at radius 3 is 2.70 bits per heavy atom. The number of anilines is 1. The van der Waals surface area contributed by atoms with E-state index in [4.69, 9.17) is 16.0 Å². The number of benzene rings is 2. The molecule has 1 amide bonds. The summed E-state index contributed by atoms with van der Waals surface area (Å²) in [5, 5.41) is 4.08. The molecule has 2 aromatic carbocycles. The first-order valence-corrected chi connectivity index (χ1v) is 7.05. The number of para-hydroxylation sites is 1. The van der Waals surface area contributed by atoms with Gasteiger partial charge in [-0.3, -0.25) is 4.79 Å². The van der Waals surface area contributed by atoms with Gasteiger partial charge in [-0.2, -0.15) is 0 Å². The summed E-state index contributed by atoms with van der Waals surface area (Å²) < 4.78 is 6.35. The summed E-state index contributed by atoms with van der Waals surface area (Å²) in [4.78, 5) is 12.1. The van der Waals surface area contributed by atoms with Crippen LogP contribution in [-0.2, 0) is 0 Å². The lowest BCUT2D eigenvalue weighted by molar-refractivity contribution is 0.0998. The van der Waals surface area contributed by atoms with E-state index >= 15 is 0 Å². The van der Waals surface area contributed by atoms with Crippen molar-refractivity contribution in [1.82, 2.24) is 0 Å². The van der Waals surface area contributed by atoms with E-state index < -0.39 is 0 Å². The Morgan fingerprint density at radius 1 is 1.15 bits per heavy atom. The van der Waals surface area contributed by atoms with Crippen LogP contribution in [0.2, 0.25) is 5.02 Å². The number of hydrogen-bond acceptors (Lipinski definition) is 2. The Bertz CT molecular complexity index is 764. The van der Waals surface area contributed by atoms with E-state index in [0.29, 0.717) is 16.3 Å². The SMILES string of the molecule is O=C(Nc1ccc(Br)cc1Cl)c1cc2ccccc2o1. The van der Waals surface area contributed by atoms with Gasteiger partial charge in [0.15, 0.2) is 5.76 Å². The standard InChI is InChI=1S/C15H9BrClNO2/c16-10-5-6-12(11(17)8-10)18-15(19)14-7-9-3-1-2-4-13(9)20-14/h1-8H,(H,18,19). The minimum Gasteiger partial charge on any atom is -0.451 e. The van der Waals surface area contributed by atoms with Gasteiger partial charge in [-0.25, -0.2) is 0 Å². The normalized spacial score (nSPS) is 10.7. The van der Waals surface area contributed by atoms with Gasteiger partial charge in [0.1, 0.15) is 5.58 Å². The topological polar surface area (TPSA) is 42.2 Å². The highest BCUT2D eigenvalue weighted by molar-refractivity contribution is 9.10. The molecule has 5 heteroatoms. The van der Waals surface area contributed by atoms with Crippen molar-refractivity contribution in [2.24, 2.45) is 0 Å². The molecule has 3 rings (SSSR count). The van der Waals surface area contributed by atoms with Crippen LogP contribution in [0.3, 0.4) is 0 Å². The summed E-state index contributed by atoms with van der Waals surface area (Å²) in [6, 6.07) is 14.4. The van der Waals surface area contributed by atoms with Crippen LogP contribution in [0.1, 0.15) is 10.6 Å². The molecular formula is C15H9BrClNO2. The molecule has 0 radical (unpaired) electrons. The number of halogens is 2. The molecule has 0 saturated heterocycles. The third kappa shape index (κ3) is 2.57. The first-order chi connectivity index (χ1) is 9.63. The number of carbonyl (C=O) groups is 1. The molecule has 0 fully saturated rings. The van der Waals surface area contributed by atoms with Gasteiger partial charge < -0.3 is 9.73 Å². The van der Waals surface area contributed by atoms with E-state index in [9.17, 15) is 4.79 Å². The maximum atomic E-state index is 12.1. The van der Waals surface area contributed by atoms with E-state index in [1.165, 1.54) is 0 Å². The molecule has 100 valence electrons.